The predicted molar refractivity (Wildman–Crippen MR) is 72.7 cm³/mol. The summed E-state index contributed by atoms with van der Waals surface area (Å²) in [5, 5.41) is 9.18. The number of esters is 1. The number of thioether (sulfide) groups is 1. The van der Waals surface area contributed by atoms with Gasteiger partial charge in [-0.1, -0.05) is 11.6 Å². The van der Waals surface area contributed by atoms with E-state index in [9.17, 15) is 4.79 Å². The van der Waals surface area contributed by atoms with E-state index in [2.05, 4.69) is 0 Å². The van der Waals surface area contributed by atoms with E-state index >= 15 is 0 Å². The van der Waals surface area contributed by atoms with Crippen molar-refractivity contribution in [2.24, 2.45) is 0 Å². The van der Waals surface area contributed by atoms with Crippen LogP contribution >= 0.6 is 23.4 Å². The summed E-state index contributed by atoms with van der Waals surface area (Å²) in [6.45, 7) is 5.47. The van der Waals surface area contributed by atoms with Crippen molar-refractivity contribution in [2.75, 3.05) is 5.75 Å². The molecular formula is C13H14ClNO2S. The molecule has 18 heavy (non-hydrogen) atoms. The average molecular weight is 284 g/mol. The lowest BCUT2D eigenvalue weighted by molar-refractivity contribution is -0.151. The first-order valence-electron chi connectivity index (χ1n) is 5.36. The number of carbonyl (C=O) groups is 1. The second kappa shape index (κ2) is 6.12. The van der Waals surface area contributed by atoms with Gasteiger partial charge in [0.05, 0.1) is 22.4 Å². The van der Waals surface area contributed by atoms with Crippen molar-refractivity contribution in [3.8, 4) is 6.07 Å². The minimum atomic E-state index is -0.480. The first-order chi connectivity index (χ1) is 8.31. The van der Waals surface area contributed by atoms with E-state index in [0.717, 1.165) is 4.90 Å². The van der Waals surface area contributed by atoms with Crippen molar-refractivity contribution in [1.29, 1.82) is 5.26 Å². The van der Waals surface area contributed by atoms with Gasteiger partial charge in [0.1, 0.15) is 5.60 Å². The van der Waals surface area contributed by atoms with Crippen molar-refractivity contribution in [1.82, 2.24) is 0 Å². The zero-order chi connectivity index (χ0) is 13.8. The molecule has 0 saturated carbocycles. The molecule has 0 amide bonds. The molecule has 3 nitrogen and oxygen atoms in total. The Morgan fingerprint density at radius 3 is 2.67 bits per heavy atom. The monoisotopic (exact) mass is 283 g/mol. The van der Waals surface area contributed by atoms with Crippen LogP contribution < -0.4 is 0 Å². The van der Waals surface area contributed by atoms with Gasteiger partial charge in [-0.2, -0.15) is 5.26 Å². The van der Waals surface area contributed by atoms with Crippen LogP contribution in [0.5, 0.6) is 0 Å². The molecule has 0 spiro atoms. The van der Waals surface area contributed by atoms with Crippen LogP contribution in [0.2, 0.25) is 5.02 Å². The first-order valence-corrected chi connectivity index (χ1v) is 6.72. The quantitative estimate of drug-likeness (QED) is 0.628. The molecule has 1 rings (SSSR count). The summed E-state index contributed by atoms with van der Waals surface area (Å²) in [4.78, 5) is 12.3. The third-order valence-electron chi connectivity index (χ3n) is 1.83. The second-order valence-electron chi connectivity index (χ2n) is 4.63. The highest BCUT2D eigenvalue weighted by Crippen LogP contribution is 2.28. The Morgan fingerprint density at radius 1 is 1.50 bits per heavy atom. The number of hydrogen-bond donors (Lipinski definition) is 0. The Hall–Kier alpha value is -1.18. The maximum Gasteiger partial charge on any atom is 0.316 e. The van der Waals surface area contributed by atoms with E-state index in [1.807, 2.05) is 26.8 Å². The second-order valence-corrected chi connectivity index (χ2v) is 6.06. The normalized spacial score (nSPS) is 10.8. The van der Waals surface area contributed by atoms with Gasteiger partial charge in [0.25, 0.3) is 0 Å². The van der Waals surface area contributed by atoms with Crippen LogP contribution in [-0.2, 0) is 9.53 Å². The summed E-state index contributed by atoms with van der Waals surface area (Å²) in [7, 11) is 0. The fourth-order valence-electron chi connectivity index (χ4n) is 1.20. The van der Waals surface area contributed by atoms with Gasteiger partial charge in [0.15, 0.2) is 0 Å². The van der Waals surface area contributed by atoms with E-state index in [4.69, 9.17) is 21.6 Å². The lowest BCUT2D eigenvalue weighted by Gasteiger charge is -2.19. The molecule has 0 aliphatic heterocycles. The maximum absolute atomic E-state index is 11.5. The van der Waals surface area contributed by atoms with Crippen LogP contribution in [0.15, 0.2) is 23.1 Å². The number of benzene rings is 1. The summed E-state index contributed by atoms with van der Waals surface area (Å²) in [5.41, 5.74) is 0.0214. The van der Waals surface area contributed by atoms with Gasteiger partial charge in [-0.25, -0.2) is 0 Å². The smallest absolute Gasteiger partial charge is 0.316 e. The summed E-state index contributed by atoms with van der Waals surface area (Å²) < 4.78 is 5.19. The fraction of sp³-hybridized carbons (Fsp3) is 0.385. The van der Waals surface area contributed by atoms with Crippen LogP contribution in [0.4, 0.5) is 0 Å². The Labute approximate surface area is 116 Å². The van der Waals surface area contributed by atoms with Crippen LogP contribution in [0.25, 0.3) is 0 Å². The van der Waals surface area contributed by atoms with Crippen molar-refractivity contribution >= 4 is 29.3 Å². The molecule has 0 radical (unpaired) electrons. The lowest BCUT2D eigenvalue weighted by Crippen LogP contribution is -2.24. The molecule has 96 valence electrons. The van der Waals surface area contributed by atoms with Crippen molar-refractivity contribution < 1.29 is 9.53 Å². The van der Waals surface area contributed by atoms with Crippen molar-refractivity contribution in [3.05, 3.63) is 28.8 Å². The molecule has 0 unspecified atom stereocenters. The lowest BCUT2D eigenvalue weighted by atomic mass is 10.2. The van der Waals surface area contributed by atoms with Crippen LogP contribution in [-0.4, -0.2) is 17.3 Å². The molecule has 0 atom stereocenters. The third-order valence-corrected chi connectivity index (χ3v) is 3.30. The van der Waals surface area contributed by atoms with E-state index < -0.39 is 5.60 Å². The number of nitriles is 1. The highest BCUT2D eigenvalue weighted by atomic mass is 35.5. The molecule has 0 aliphatic rings. The Bertz CT molecular complexity index is 489. The van der Waals surface area contributed by atoms with Gasteiger partial charge in [-0.3, -0.25) is 4.79 Å². The number of nitrogens with zero attached hydrogens (tertiary/aromatic N) is 1. The molecule has 0 saturated heterocycles. The van der Waals surface area contributed by atoms with Gasteiger partial charge in [-0.05, 0) is 39.0 Å². The van der Waals surface area contributed by atoms with Crippen molar-refractivity contribution in [2.45, 2.75) is 31.3 Å². The van der Waals surface area contributed by atoms with Crippen LogP contribution in [0, 0.1) is 11.3 Å². The number of halogens is 1. The van der Waals surface area contributed by atoms with E-state index in [-0.39, 0.29) is 11.7 Å². The van der Waals surface area contributed by atoms with E-state index in [1.165, 1.54) is 11.8 Å². The van der Waals surface area contributed by atoms with E-state index in [1.54, 1.807) is 18.2 Å². The largest absolute Gasteiger partial charge is 0.459 e. The molecule has 0 heterocycles. The first kappa shape index (κ1) is 14.9. The Morgan fingerprint density at radius 2 is 2.17 bits per heavy atom. The summed E-state index contributed by atoms with van der Waals surface area (Å²) in [6, 6.07) is 6.99. The summed E-state index contributed by atoms with van der Waals surface area (Å²) >= 11 is 7.30. The third kappa shape index (κ3) is 4.99. The van der Waals surface area contributed by atoms with Crippen LogP contribution in [0.1, 0.15) is 26.3 Å². The molecule has 0 aromatic heterocycles. The molecule has 0 bridgehead atoms. The predicted octanol–water partition coefficient (Wildman–Crippen LogP) is 3.65. The van der Waals surface area contributed by atoms with Gasteiger partial charge < -0.3 is 4.74 Å². The van der Waals surface area contributed by atoms with Gasteiger partial charge in [-0.15, -0.1) is 11.8 Å². The molecular weight excluding hydrogens is 270 g/mol. The molecule has 0 N–H and O–H groups in total. The number of ether oxygens (including phenoxy) is 1. The molecule has 1 aromatic carbocycles. The average Bonchev–Trinajstić information content (AvgIpc) is 2.25. The Kier molecular flexibility index (Phi) is 5.06. The minimum Gasteiger partial charge on any atom is -0.459 e. The number of hydrogen-bond acceptors (Lipinski definition) is 4. The Balaban J connectivity index is 2.59. The molecule has 0 aliphatic carbocycles. The van der Waals surface area contributed by atoms with Gasteiger partial charge in [0, 0.05) is 4.90 Å². The topological polar surface area (TPSA) is 50.1 Å². The molecule has 0 fully saturated rings. The molecule has 5 heteroatoms. The standard InChI is InChI=1S/C13H14ClNO2S/c1-13(2,3)17-12(16)8-18-11-5-4-9(7-15)6-10(11)14/h4-6H,8H2,1-3H3. The number of rotatable bonds is 3. The highest BCUT2D eigenvalue weighted by molar-refractivity contribution is 8.00. The summed E-state index contributed by atoms with van der Waals surface area (Å²) in [5.74, 6) is -0.0870. The highest BCUT2D eigenvalue weighted by Gasteiger charge is 2.16. The SMILES string of the molecule is CC(C)(C)OC(=O)CSc1ccc(C#N)cc1Cl. The van der Waals surface area contributed by atoms with Crippen LogP contribution in [0.3, 0.4) is 0 Å². The zero-order valence-corrected chi connectivity index (χ0v) is 12.1. The summed E-state index contributed by atoms with van der Waals surface area (Å²) in [6.07, 6.45) is 0. The fourth-order valence-corrected chi connectivity index (χ4v) is 2.23. The zero-order valence-electron chi connectivity index (χ0n) is 10.5. The van der Waals surface area contributed by atoms with Crippen molar-refractivity contribution in [3.63, 3.8) is 0 Å². The maximum atomic E-state index is 11.5. The van der Waals surface area contributed by atoms with E-state index in [0.29, 0.717) is 10.6 Å². The van der Waals surface area contributed by atoms with Gasteiger partial charge in [0.2, 0.25) is 0 Å². The molecule has 1 aromatic rings. The number of carbonyl (C=O) groups excluding carboxylic acids is 1. The van der Waals surface area contributed by atoms with Gasteiger partial charge >= 0.3 is 5.97 Å². The minimum absolute atomic E-state index is 0.197.